The van der Waals surface area contributed by atoms with E-state index in [1.54, 1.807) is 18.2 Å². The molecule has 10 heteroatoms. The quantitative estimate of drug-likeness (QED) is 0.490. The monoisotopic (exact) mass is 461 g/mol. The first-order chi connectivity index (χ1) is 14.0. The van der Waals surface area contributed by atoms with Crippen LogP contribution in [0.4, 0.5) is 13.2 Å². The van der Waals surface area contributed by atoms with Gasteiger partial charge in [-0.3, -0.25) is 4.79 Å². The lowest BCUT2D eigenvalue weighted by molar-refractivity contribution is -0.140. The molecule has 0 spiro atoms. The van der Waals surface area contributed by atoms with Crippen LogP contribution in [0.15, 0.2) is 47.4 Å². The van der Waals surface area contributed by atoms with Crippen molar-refractivity contribution in [2.75, 3.05) is 13.1 Å². The van der Waals surface area contributed by atoms with Crippen LogP contribution in [-0.2, 0) is 21.0 Å². The molecule has 0 atom stereocenters. The number of aryl methyl sites for hydroxylation is 1. The fraction of sp³-hybridized carbons (Fsp3) is 0.350. The highest BCUT2D eigenvalue weighted by molar-refractivity contribution is 7.89. The molecule has 0 aromatic heterocycles. The molecule has 3 rings (SSSR count). The van der Waals surface area contributed by atoms with Gasteiger partial charge in [-0.25, -0.2) is 8.42 Å². The Morgan fingerprint density at radius 3 is 2.40 bits per heavy atom. The second-order valence-corrected chi connectivity index (χ2v) is 9.34. The van der Waals surface area contributed by atoms with Crippen LogP contribution in [0.1, 0.15) is 24.0 Å². The Morgan fingerprint density at radius 1 is 1.13 bits per heavy atom. The molecule has 0 saturated carbocycles. The summed E-state index contributed by atoms with van der Waals surface area (Å²) in [5, 5.41) is 0.276. The predicted molar refractivity (Wildman–Crippen MR) is 105 cm³/mol. The lowest BCUT2D eigenvalue weighted by atomic mass is 9.98. The number of halogens is 4. The van der Waals surface area contributed by atoms with E-state index in [0.717, 1.165) is 28.1 Å². The summed E-state index contributed by atoms with van der Waals surface area (Å²) in [7, 11) is -4.36. The van der Waals surface area contributed by atoms with Gasteiger partial charge in [0.05, 0.1) is 21.4 Å². The van der Waals surface area contributed by atoms with Crippen LogP contribution in [0.25, 0.3) is 0 Å². The topological polar surface area (TPSA) is 63.7 Å². The van der Waals surface area contributed by atoms with Crippen molar-refractivity contribution in [1.29, 1.82) is 0 Å². The second-order valence-electron chi connectivity index (χ2n) is 7.03. The summed E-state index contributed by atoms with van der Waals surface area (Å²) in [6, 6.07) is 9.06. The molecule has 0 bridgehead atoms. The number of benzene rings is 2. The Kier molecular flexibility index (Phi) is 6.45. The van der Waals surface area contributed by atoms with Gasteiger partial charge in [0.15, 0.2) is 0 Å². The molecule has 0 unspecified atom stereocenters. The summed E-state index contributed by atoms with van der Waals surface area (Å²) in [5.41, 5.74) is -0.355. The molecular weight excluding hydrogens is 443 g/mol. The minimum atomic E-state index is -4.79. The summed E-state index contributed by atoms with van der Waals surface area (Å²) in [6.07, 6.45) is -4.52. The molecule has 2 aromatic rings. The van der Waals surface area contributed by atoms with E-state index in [9.17, 15) is 26.4 Å². The van der Waals surface area contributed by atoms with Gasteiger partial charge >= 0.3 is 12.1 Å². The molecule has 0 aliphatic carbocycles. The fourth-order valence-corrected chi connectivity index (χ4v) is 5.12. The molecule has 0 N–H and O–H groups in total. The highest BCUT2D eigenvalue weighted by atomic mass is 35.5. The number of hydrogen-bond acceptors (Lipinski definition) is 4. The maximum absolute atomic E-state index is 13.2. The van der Waals surface area contributed by atoms with Crippen molar-refractivity contribution < 1.29 is 31.1 Å². The van der Waals surface area contributed by atoms with Gasteiger partial charge in [0.2, 0.25) is 10.0 Å². The van der Waals surface area contributed by atoms with E-state index < -0.39 is 38.5 Å². The van der Waals surface area contributed by atoms with Crippen molar-refractivity contribution in [3.05, 3.63) is 58.6 Å². The van der Waals surface area contributed by atoms with Crippen LogP contribution in [0.3, 0.4) is 0 Å². The Hall–Kier alpha value is -2.10. The number of sulfonamides is 1. The third-order valence-corrected chi connectivity index (χ3v) is 7.16. The molecule has 0 radical (unpaired) electrons. The van der Waals surface area contributed by atoms with Crippen molar-refractivity contribution in [3.8, 4) is 5.75 Å². The summed E-state index contributed by atoms with van der Waals surface area (Å²) in [6.45, 7) is 1.64. The fourth-order valence-electron chi connectivity index (χ4n) is 3.28. The minimum absolute atomic E-state index is 0.0875. The SMILES string of the molecule is Cc1ccc(Cl)c(OC(=O)C2CCN(S(=O)(=O)c3ccccc3C(F)(F)F)CC2)c1. The van der Waals surface area contributed by atoms with Crippen molar-refractivity contribution in [1.82, 2.24) is 4.31 Å². The smallest absolute Gasteiger partial charge is 0.417 e. The molecular formula is C20H19ClF3NO4S. The first-order valence-corrected chi connectivity index (χ1v) is 11.0. The molecule has 1 aliphatic rings. The largest absolute Gasteiger partial charge is 0.425 e. The van der Waals surface area contributed by atoms with Crippen LogP contribution in [0.5, 0.6) is 5.75 Å². The van der Waals surface area contributed by atoms with Crippen molar-refractivity contribution in [2.45, 2.75) is 30.8 Å². The summed E-state index contributed by atoms with van der Waals surface area (Å²) < 4.78 is 71.6. The van der Waals surface area contributed by atoms with E-state index in [1.807, 2.05) is 6.92 Å². The molecule has 30 heavy (non-hydrogen) atoms. The maximum atomic E-state index is 13.2. The van der Waals surface area contributed by atoms with E-state index in [4.69, 9.17) is 16.3 Å². The molecule has 1 saturated heterocycles. The molecule has 5 nitrogen and oxygen atoms in total. The van der Waals surface area contributed by atoms with E-state index in [1.165, 1.54) is 6.07 Å². The zero-order chi connectivity index (χ0) is 22.1. The summed E-state index contributed by atoms with van der Waals surface area (Å²) in [5.74, 6) is -0.906. The number of carbonyl (C=O) groups excluding carboxylic acids is 1. The molecule has 162 valence electrons. The Balaban J connectivity index is 1.71. The maximum Gasteiger partial charge on any atom is 0.417 e. The standard InChI is InChI=1S/C20H19ClF3NO4S/c1-13-6-7-16(21)17(12-13)29-19(26)14-8-10-25(11-9-14)30(27,28)18-5-3-2-4-15(18)20(22,23)24/h2-7,12,14H,8-11H2,1H3. The number of esters is 1. The lowest BCUT2D eigenvalue weighted by Crippen LogP contribution is -2.41. The number of carbonyl (C=O) groups is 1. The number of ether oxygens (including phenoxy) is 1. The highest BCUT2D eigenvalue weighted by Gasteiger charge is 2.40. The molecule has 0 amide bonds. The van der Waals surface area contributed by atoms with Crippen LogP contribution < -0.4 is 4.74 Å². The summed E-state index contributed by atoms with van der Waals surface area (Å²) >= 11 is 6.03. The summed E-state index contributed by atoms with van der Waals surface area (Å²) in [4.78, 5) is 11.7. The average molecular weight is 462 g/mol. The first kappa shape index (κ1) is 22.6. The van der Waals surface area contributed by atoms with Crippen LogP contribution >= 0.6 is 11.6 Å². The number of alkyl halides is 3. The predicted octanol–water partition coefficient (Wildman–Crippen LogP) is 4.67. The minimum Gasteiger partial charge on any atom is -0.425 e. The van der Waals surface area contributed by atoms with Gasteiger partial charge in [-0.2, -0.15) is 17.5 Å². The zero-order valence-corrected chi connectivity index (χ0v) is 17.5. The van der Waals surface area contributed by atoms with Crippen LogP contribution in [-0.4, -0.2) is 31.8 Å². The van der Waals surface area contributed by atoms with Gasteiger partial charge in [0.25, 0.3) is 0 Å². The number of hydrogen-bond donors (Lipinski definition) is 0. The third-order valence-electron chi connectivity index (χ3n) is 4.89. The third kappa shape index (κ3) is 4.79. The van der Waals surface area contributed by atoms with E-state index in [0.29, 0.717) is 0 Å². The molecule has 2 aromatic carbocycles. The second kappa shape index (κ2) is 8.56. The highest BCUT2D eigenvalue weighted by Crippen LogP contribution is 2.36. The molecule has 1 heterocycles. The Morgan fingerprint density at radius 2 is 1.77 bits per heavy atom. The van der Waals surface area contributed by atoms with Gasteiger partial charge in [0.1, 0.15) is 5.75 Å². The molecule has 1 fully saturated rings. The average Bonchev–Trinajstić information content (AvgIpc) is 2.70. The lowest BCUT2D eigenvalue weighted by Gasteiger charge is -2.30. The van der Waals surface area contributed by atoms with E-state index in [2.05, 4.69) is 0 Å². The van der Waals surface area contributed by atoms with Crippen molar-refractivity contribution in [3.63, 3.8) is 0 Å². The van der Waals surface area contributed by atoms with Gasteiger partial charge < -0.3 is 4.74 Å². The number of nitrogens with zero attached hydrogens (tertiary/aromatic N) is 1. The molecule has 1 aliphatic heterocycles. The first-order valence-electron chi connectivity index (χ1n) is 9.14. The number of rotatable bonds is 4. The van der Waals surface area contributed by atoms with Crippen LogP contribution in [0, 0.1) is 12.8 Å². The van der Waals surface area contributed by atoms with Crippen molar-refractivity contribution >= 4 is 27.6 Å². The number of piperidine rings is 1. The van der Waals surface area contributed by atoms with E-state index in [-0.39, 0.29) is 36.7 Å². The normalized spacial score (nSPS) is 16.4. The Bertz CT molecular complexity index is 1050. The van der Waals surface area contributed by atoms with Gasteiger partial charge in [-0.15, -0.1) is 0 Å². The van der Waals surface area contributed by atoms with Crippen LogP contribution in [0.2, 0.25) is 5.02 Å². The Labute approximate surface area is 177 Å². The zero-order valence-electron chi connectivity index (χ0n) is 15.9. The van der Waals surface area contributed by atoms with Gasteiger partial charge in [-0.05, 0) is 49.6 Å². The van der Waals surface area contributed by atoms with Gasteiger partial charge in [-0.1, -0.05) is 29.8 Å². The van der Waals surface area contributed by atoms with Gasteiger partial charge in [0, 0.05) is 13.1 Å². The van der Waals surface area contributed by atoms with E-state index >= 15 is 0 Å². The van der Waals surface area contributed by atoms with Crippen molar-refractivity contribution in [2.24, 2.45) is 5.92 Å².